The van der Waals surface area contributed by atoms with Gasteiger partial charge in [-0.1, -0.05) is 12.8 Å². The molecule has 0 aromatic carbocycles. The average Bonchev–Trinajstić information content (AvgIpc) is 2.83. The molecule has 32 heavy (non-hydrogen) atoms. The molecule has 1 unspecified atom stereocenters. The molecule has 0 aliphatic carbocycles. The van der Waals surface area contributed by atoms with Gasteiger partial charge in [0.1, 0.15) is 5.78 Å². The number of carbonyl (C=O) groups excluding carboxylic acids is 1. The van der Waals surface area contributed by atoms with E-state index in [0.717, 1.165) is 58.3 Å². The van der Waals surface area contributed by atoms with Crippen LogP contribution in [-0.4, -0.2) is 78.6 Å². The van der Waals surface area contributed by atoms with Gasteiger partial charge < -0.3 is 14.8 Å². The van der Waals surface area contributed by atoms with Gasteiger partial charge in [0.2, 0.25) is 0 Å². The average molecular weight is 444 g/mol. The molecule has 0 N–H and O–H groups in total. The highest BCUT2D eigenvalue weighted by atomic mass is 16.5. The van der Waals surface area contributed by atoms with Gasteiger partial charge in [-0.15, -0.1) is 24.7 Å². The summed E-state index contributed by atoms with van der Waals surface area (Å²) in [5.74, 6) is 5.68. The van der Waals surface area contributed by atoms with E-state index in [1.54, 1.807) is 0 Å². The largest absolute Gasteiger partial charge is 0.633 e. The first-order valence-electron chi connectivity index (χ1n) is 13.0. The molecule has 180 valence electrons. The van der Waals surface area contributed by atoms with Crippen molar-refractivity contribution in [2.45, 2.75) is 89.5 Å². The minimum Gasteiger partial charge on any atom is -0.633 e. The van der Waals surface area contributed by atoms with Gasteiger partial charge in [0, 0.05) is 38.4 Å². The fourth-order valence-corrected chi connectivity index (χ4v) is 5.20. The highest BCUT2D eigenvalue weighted by Gasteiger charge is 2.28. The van der Waals surface area contributed by atoms with Crippen LogP contribution in [-0.2, 0) is 4.79 Å². The van der Waals surface area contributed by atoms with Crippen molar-refractivity contribution >= 4 is 5.78 Å². The summed E-state index contributed by atoms with van der Waals surface area (Å²) in [6.07, 6.45) is 24.9. The van der Waals surface area contributed by atoms with E-state index in [1.165, 1.54) is 64.6 Å². The van der Waals surface area contributed by atoms with Crippen LogP contribution in [0.1, 0.15) is 83.5 Å². The second-order valence-corrected chi connectivity index (χ2v) is 9.78. The molecular formula is C27H45N3O2. The zero-order chi connectivity index (χ0) is 23.1. The third-order valence-electron chi connectivity index (χ3n) is 7.21. The first-order chi connectivity index (χ1) is 15.6. The summed E-state index contributed by atoms with van der Waals surface area (Å²) in [5.41, 5.74) is 0. The standard InChI is InChI=1S/2C9H15NO.C9H15N/c11-9-4-6-10-5-2-1-3-8(10)7-9;1-2-3-7-10(11)8-5-4-6-9-10;1-2-3-7-10-8-5-4-6-9-10/h8H,1-7H2;1H,3-9H2;1H,3-9H2. The number of terminal acetylenes is 2. The molecule has 5 nitrogen and oxygen atoms in total. The lowest BCUT2D eigenvalue weighted by Gasteiger charge is -2.45. The first kappa shape index (κ1) is 26.9. The SMILES string of the molecule is C#CCCN1CCCCC1.C#CCC[N+]1([O-])CCCCC1.O=C1CCN2CCCCC2C1. The second kappa shape index (κ2) is 15.5. The summed E-state index contributed by atoms with van der Waals surface area (Å²) >= 11 is 0. The Morgan fingerprint density at radius 2 is 1.53 bits per heavy atom. The zero-order valence-corrected chi connectivity index (χ0v) is 20.2. The molecule has 0 radical (unpaired) electrons. The number of carbonyl (C=O) groups is 1. The number of likely N-dealkylation sites (tertiary alicyclic amines) is 2. The summed E-state index contributed by atoms with van der Waals surface area (Å²) in [5, 5.41) is 11.7. The molecule has 0 bridgehead atoms. The van der Waals surface area contributed by atoms with Crippen LogP contribution >= 0.6 is 0 Å². The van der Waals surface area contributed by atoms with E-state index < -0.39 is 0 Å². The van der Waals surface area contributed by atoms with E-state index in [9.17, 15) is 10.0 Å². The van der Waals surface area contributed by atoms with E-state index in [0.29, 0.717) is 24.8 Å². The van der Waals surface area contributed by atoms with Crippen molar-refractivity contribution in [3.05, 3.63) is 5.21 Å². The maximum atomic E-state index is 11.7. The number of hydrogen-bond donors (Lipinski definition) is 0. The third kappa shape index (κ3) is 10.5. The Hall–Kier alpha value is -1.37. The first-order valence-corrected chi connectivity index (χ1v) is 13.0. The van der Waals surface area contributed by atoms with Crippen molar-refractivity contribution in [2.75, 3.05) is 52.4 Å². The maximum Gasteiger partial charge on any atom is 0.135 e. The van der Waals surface area contributed by atoms with Crippen molar-refractivity contribution in [1.82, 2.24) is 9.80 Å². The number of fused-ring (bicyclic) bond motifs is 1. The topological polar surface area (TPSA) is 46.6 Å². The van der Waals surface area contributed by atoms with Crippen LogP contribution < -0.4 is 0 Å². The Morgan fingerprint density at radius 3 is 2.22 bits per heavy atom. The predicted molar refractivity (Wildman–Crippen MR) is 133 cm³/mol. The molecule has 4 rings (SSSR count). The lowest BCUT2D eigenvalue weighted by atomic mass is 9.93. The Labute approximate surface area is 197 Å². The Kier molecular flexibility index (Phi) is 13.0. The molecule has 1 atom stereocenters. The highest BCUT2D eigenvalue weighted by Crippen LogP contribution is 2.23. The van der Waals surface area contributed by atoms with Gasteiger partial charge in [-0.25, -0.2) is 0 Å². The Balaban J connectivity index is 0.000000170. The number of Topliss-reactive ketones (excluding diaryl/α,β-unsaturated/α-hetero) is 1. The fraction of sp³-hybridized carbons (Fsp3) is 0.815. The summed E-state index contributed by atoms with van der Waals surface area (Å²) in [6, 6.07) is 0.616. The van der Waals surface area contributed by atoms with Gasteiger partial charge in [-0.2, -0.15) is 0 Å². The van der Waals surface area contributed by atoms with E-state index in [2.05, 4.69) is 21.6 Å². The van der Waals surface area contributed by atoms with E-state index in [4.69, 9.17) is 12.8 Å². The summed E-state index contributed by atoms with van der Waals surface area (Å²) in [6.45, 7) is 8.08. The van der Waals surface area contributed by atoms with Gasteiger partial charge in [0.25, 0.3) is 0 Å². The molecule has 4 aliphatic heterocycles. The molecule has 0 aromatic heterocycles. The van der Waals surface area contributed by atoms with Gasteiger partial charge in [-0.05, 0) is 64.6 Å². The van der Waals surface area contributed by atoms with Crippen LogP contribution in [0.2, 0.25) is 0 Å². The van der Waals surface area contributed by atoms with E-state index in [1.807, 2.05) is 0 Å². The van der Waals surface area contributed by atoms with Crippen LogP contribution in [0.25, 0.3) is 0 Å². The van der Waals surface area contributed by atoms with Crippen molar-refractivity contribution in [1.29, 1.82) is 0 Å². The lowest BCUT2D eigenvalue weighted by Crippen LogP contribution is -2.46. The number of rotatable bonds is 4. The quantitative estimate of drug-likeness (QED) is 0.371. The molecule has 0 saturated carbocycles. The fourth-order valence-electron chi connectivity index (χ4n) is 5.20. The normalized spacial score (nSPS) is 25.6. The minimum atomic E-state index is -0.0375. The molecule has 4 aliphatic rings. The molecule has 0 aromatic rings. The predicted octanol–water partition coefficient (Wildman–Crippen LogP) is 4.21. The van der Waals surface area contributed by atoms with E-state index >= 15 is 0 Å². The van der Waals surface area contributed by atoms with Crippen LogP contribution in [0.4, 0.5) is 0 Å². The van der Waals surface area contributed by atoms with Crippen LogP contribution in [0.15, 0.2) is 0 Å². The minimum absolute atomic E-state index is 0.0375. The van der Waals surface area contributed by atoms with Gasteiger partial charge >= 0.3 is 0 Å². The molecule has 0 spiro atoms. The molecular weight excluding hydrogens is 398 g/mol. The summed E-state index contributed by atoms with van der Waals surface area (Å²) in [7, 11) is 0. The van der Waals surface area contributed by atoms with Gasteiger partial charge in [-0.3, -0.25) is 9.69 Å². The molecule has 4 fully saturated rings. The number of quaternary nitrogens is 1. The lowest BCUT2D eigenvalue weighted by molar-refractivity contribution is -0.884. The number of hydrogen-bond acceptors (Lipinski definition) is 4. The van der Waals surface area contributed by atoms with Gasteiger partial charge in [0.05, 0.1) is 26.1 Å². The van der Waals surface area contributed by atoms with Gasteiger partial charge in [0.15, 0.2) is 0 Å². The summed E-state index contributed by atoms with van der Waals surface area (Å²) in [4.78, 5) is 16.0. The zero-order valence-electron chi connectivity index (χ0n) is 20.2. The van der Waals surface area contributed by atoms with E-state index in [-0.39, 0.29) is 4.65 Å². The van der Waals surface area contributed by atoms with Crippen LogP contribution in [0.3, 0.4) is 0 Å². The molecule has 0 amide bonds. The summed E-state index contributed by atoms with van der Waals surface area (Å²) < 4.78 is -0.0375. The van der Waals surface area contributed by atoms with Crippen LogP contribution in [0, 0.1) is 29.9 Å². The smallest absolute Gasteiger partial charge is 0.135 e. The molecule has 4 heterocycles. The van der Waals surface area contributed by atoms with Crippen molar-refractivity contribution < 1.29 is 9.44 Å². The second-order valence-electron chi connectivity index (χ2n) is 9.78. The van der Waals surface area contributed by atoms with Crippen molar-refractivity contribution in [3.8, 4) is 24.7 Å². The number of piperidine rings is 4. The van der Waals surface area contributed by atoms with Crippen molar-refractivity contribution in [3.63, 3.8) is 0 Å². The molecule has 5 heteroatoms. The number of hydroxylamine groups is 3. The Bertz CT molecular complexity index is 609. The van der Waals surface area contributed by atoms with Crippen molar-refractivity contribution in [2.24, 2.45) is 0 Å². The number of ketones is 1. The van der Waals surface area contributed by atoms with Crippen LogP contribution in [0.5, 0.6) is 0 Å². The third-order valence-corrected chi connectivity index (χ3v) is 7.21. The number of nitrogens with zero attached hydrogens (tertiary/aromatic N) is 3. The molecule has 4 saturated heterocycles. The highest BCUT2D eigenvalue weighted by molar-refractivity contribution is 5.80. The maximum absolute atomic E-state index is 11.7. The monoisotopic (exact) mass is 443 g/mol. The Morgan fingerprint density at radius 1 is 0.875 bits per heavy atom.